The fraction of sp³-hybridized carbons (Fsp3) is 0.200. The number of nitrogens with one attached hydrogen (secondary N) is 1. The molecule has 0 saturated carbocycles. The summed E-state index contributed by atoms with van der Waals surface area (Å²) >= 11 is 0. The molecule has 0 aliphatic rings. The maximum atomic E-state index is 13.0. The zero-order valence-electron chi connectivity index (χ0n) is 10.9. The Kier molecular flexibility index (Phi) is 4.50. The molecule has 5 heteroatoms. The van der Waals surface area contributed by atoms with Gasteiger partial charge in [0, 0.05) is 12.2 Å². The van der Waals surface area contributed by atoms with Crippen molar-refractivity contribution < 1.29 is 17.9 Å². The zero-order chi connectivity index (χ0) is 14.5. The molecule has 0 atom stereocenters. The molecule has 0 fully saturated rings. The molecule has 0 aliphatic carbocycles. The Morgan fingerprint density at radius 1 is 1.00 bits per heavy atom. The lowest BCUT2D eigenvalue weighted by Crippen LogP contribution is -2.02. The van der Waals surface area contributed by atoms with Crippen molar-refractivity contribution in [1.29, 1.82) is 0 Å². The highest BCUT2D eigenvalue weighted by Gasteiger charge is 2.10. The van der Waals surface area contributed by atoms with E-state index < -0.39 is 17.5 Å². The highest BCUT2D eigenvalue weighted by atomic mass is 19.2. The Balaban J connectivity index is 2.01. The lowest BCUT2D eigenvalue weighted by molar-refractivity contribution is 0.340. The van der Waals surface area contributed by atoms with Crippen molar-refractivity contribution in [3.05, 3.63) is 59.4 Å². The van der Waals surface area contributed by atoms with E-state index >= 15 is 0 Å². The van der Waals surface area contributed by atoms with Crippen LogP contribution in [0.4, 0.5) is 18.9 Å². The molecule has 2 nitrogen and oxygen atoms in total. The third-order valence-corrected chi connectivity index (χ3v) is 2.71. The van der Waals surface area contributed by atoms with Crippen molar-refractivity contribution in [2.75, 3.05) is 11.9 Å². The first kappa shape index (κ1) is 14.2. The molecular formula is C15H14F3NO. The van der Waals surface area contributed by atoms with Crippen LogP contribution < -0.4 is 10.1 Å². The molecule has 20 heavy (non-hydrogen) atoms. The minimum Gasteiger partial charge on any atom is -0.494 e. The second-order valence-electron chi connectivity index (χ2n) is 4.18. The van der Waals surface area contributed by atoms with Gasteiger partial charge in [-0.05, 0) is 48.9 Å². The quantitative estimate of drug-likeness (QED) is 0.833. The van der Waals surface area contributed by atoms with Crippen molar-refractivity contribution in [2.24, 2.45) is 0 Å². The summed E-state index contributed by atoms with van der Waals surface area (Å²) in [6, 6.07) is 9.11. The van der Waals surface area contributed by atoms with E-state index in [-0.39, 0.29) is 6.54 Å². The van der Waals surface area contributed by atoms with Crippen LogP contribution in [0.25, 0.3) is 0 Å². The fourth-order valence-corrected chi connectivity index (χ4v) is 1.75. The number of benzene rings is 2. The molecule has 2 aromatic rings. The molecule has 0 spiro atoms. The third kappa shape index (κ3) is 3.44. The molecule has 0 aromatic heterocycles. The molecule has 0 radical (unpaired) electrons. The molecule has 0 aliphatic heterocycles. The highest BCUT2D eigenvalue weighted by molar-refractivity contribution is 5.46. The van der Waals surface area contributed by atoms with Crippen LogP contribution in [-0.4, -0.2) is 6.61 Å². The van der Waals surface area contributed by atoms with Gasteiger partial charge in [-0.3, -0.25) is 0 Å². The van der Waals surface area contributed by atoms with Gasteiger partial charge in [-0.15, -0.1) is 0 Å². The van der Waals surface area contributed by atoms with Gasteiger partial charge in [0.05, 0.1) is 6.61 Å². The van der Waals surface area contributed by atoms with Crippen LogP contribution in [0, 0.1) is 17.5 Å². The summed E-state index contributed by atoms with van der Waals surface area (Å²) in [4.78, 5) is 0. The summed E-state index contributed by atoms with van der Waals surface area (Å²) in [7, 11) is 0. The Labute approximate surface area is 115 Å². The predicted molar refractivity (Wildman–Crippen MR) is 71.3 cm³/mol. The van der Waals surface area contributed by atoms with E-state index in [2.05, 4.69) is 5.32 Å². The van der Waals surface area contributed by atoms with Crippen molar-refractivity contribution in [2.45, 2.75) is 13.5 Å². The molecule has 106 valence electrons. The van der Waals surface area contributed by atoms with Crippen LogP contribution in [-0.2, 0) is 6.54 Å². The summed E-state index contributed by atoms with van der Waals surface area (Å²) in [6.45, 7) is 2.67. The number of hydrogen-bond acceptors (Lipinski definition) is 2. The molecule has 0 unspecified atom stereocenters. The SMILES string of the molecule is CCOc1ccc(NCc2cc(F)c(F)c(F)c2)cc1. The Morgan fingerprint density at radius 3 is 2.15 bits per heavy atom. The summed E-state index contributed by atoms with van der Waals surface area (Å²) in [6.07, 6.45) is 0. The van der Waals surface area contributed by atoms with E-state index in [1.807, 2.05) is 6.92 Å². The Morgan fingerprint density at radius 2 is 1.60 bits per heavy atom. The minimum atomic E-state index is -1.45. The number of rotatable bonds is 5. The van der Waals surface area contributed by atoms with Gasteiger partial charge in [0.2, 0.25) is 0 Å². The molecular weight excluding hydrogens is 267 g/mol. The normalized spacial score (nSPS) is 10.4. The van der Waals surface area contributed by atoms with E-state index in [9.17, 15) is 13.2 Å². The van der Waals surface area contributed by atoms with E-state index in [1.165, 1.54) is 0 Å². The predicted octanol–water partition coefficient (Wildman–Crippen LogP) is 4.11. The van der Waals surface area contributed by atoms with Crippen molar-refractivity contribution in [3.8, 4) is 5.75 Å². The molecule has 0 heterocycles. The van der Waals surface area contributed by atoms with Gasteiger partial charge in [-0.1, -0.05) is 0 Å². The van der Waals surface area contributed by atoms with E-state index in [4.69, 9.17) is 4.74 Å². The number of halogens is 3. The summed E-state index contributed by atoms with van der Waals surface area (Å²) in [5, 5.41) is 2.99. The largest absolute Gasteiger partial charge is 0.494 e. The van der Waals surface area contributed by atoms with Crippen LogP contribution in [0.5, 0.6) is 5.75 Å². The van der Waals surface area contributed by atoms with Crippen molar-refractivity contribution in [3.63, 3.8) is 0 Å². The molecule has 1 N–H and O–H groups in total. The summed E-state index contributed by atoms with van der Waals surface area (Å²) in [5.74, 6) is -3.08. The first-order valence-corrected chi connectivity index (χ1v) is 6.20. The lowest BCUT2D eigenvalue weighted by Gasteiger charge is -2.09. The fourth-order valence-electron chi connectivity index (χ4n) is 1.75. The van der Waals surface area contributed by atoms with Crippen LogP contribution >= 0.6 is 0 Å². The first-order valence-electron chi connectivity index (χ1n) is 6.20. The molecule has 0 bridgehead atoms. The molecule has 2 rings (SSSR count). The summed E-state index contributed by atoms with van der Waals surface area (Å²) in [5.41, 5.74) is 1.11. The van der Waals surface area contributed by atoms with Gasteiger partial charge in [-0.2, -0.15) is 0 Å². The van der Waals surface area contributed by atoms with Gasteiger partial charge in [0.1, 0.15) is 5.75 Å². The minimum absolute atomic E-state index is 0.197. The topological polar surface area (TPSA) is 21.3 Å². The van der Waals surface area contributed by atoms with Crippen molar-refractivity contribution >= 4 is 5.69 Å². The Bertz CT molecular complexity index is 561. The lowest BCUT2D eigenvalue weighted by atomic mass is 10.2. The first-order chi connectivity index (χ1) is 9.60. The standard InChI is InChI=1S/C15H14F3NO/c1-2-20-12-5-3-11(4-6-12)19-9-10-7-13(16)15(18)14(17)8-10/h3-8,19H,2,9H2,1H3. The van der Waals surface area contributed by atoms with Crippen LogP contribution in [0.15, 0.2) is 36.4 Å². The second kappa shape index (κ2) is 6.32. The van der Waals surface area contributed by atoms with Gasteiger partial charge < -0.3 is 10.1 Å². The van der Waals surface area contributed by atoms with E-state index in [0.29, 0.717) is 12.2 Å². The zero-order valence-corrected chi connectivity index (χ0v) is 10.9. The van der Waals surface area contributed by atoms with Gasteiger partial charge in [-0.25, -0.2) is 13.2 Å². The Hall–Kier alpha value is -2.17. The molecule has 0 amide bonds. The van der Waals surface area contributed by atoms with Gasteiger partial charge >= 0.3 is 0 Å². The van der Waals surface area contributed by atoms with Crippen LogP contribution in [0.2, 0.25) is 0 Å². The average Bonchev–Trinajstić information content (AvgIpc) is 2.44. The molecule has 0 saturated heterocycles. The van der Waals surface area contributed by atoms with Crippen LogP contribution in [0.3, 0.4) is 0 Å². The smallest absolute Gasteiger partial charge is 0.194 e. The third-order valence-electron chi connectivity index (χ3n) is 2.71. The van der Waals surface area contributed by atoms with Crippen molar-refractivity contribution in [1.82, 2.24) is 0 Å². The highest BCUT2D eigenvalue weighted by Crippen LogP contribution is 2.18. The van der Waals surface area contributed by atoms with E-state index in [1.54, 1.807) is 24.3 Å². The van der Waals surface area contributed by atoms with Crippen LogP contribution in [0.1, 0.15) is 12.5 Å². The average molecular weight is 281 g/mol. The monoisotopic (exact) mass is 281 g/mol. The number of anilines is 1. The van der Waals surface area contributed by atoms with Gasteiger partial charge in [0.25, 0.3) is 0 Å². The second-order valence-corrected chi connectivity index (χ2v) is 4.18. The van der Waals surface area contributed by atoms with Gasteiger partial charge in [0.15, 0.2) is 17.5 Å². The number of ether oxygens (including phenoxy) is 1. The maximum Gasteiger partial charge on any atom is 0.194 e. The number of hydrogen-bond donors (Lipinski definition) is 1. The maximum absolute atomic E-state index is 13.0. The summed E-state index contributed by atoms with van der Waals surface area (Å²) < 4.78 is 44.2. The molecule has 2 aromatic carbocycles. The van der Waals surface area contributed by atoms with E-state index in [0.717, 1.165) is 23.6 Å².